The molecule has 0 saturated carbocycles. The number of carbonyl (C=O) groups is 2. The molecule has 1 heterocycles. The monoisotopic (exact) mass is 159 g/mol. The van der Waals surface area contributed by atoms with Gasteiger partial charge in [0, 0.05) is 0 Å². The van der Waals surface area contributed by atoms with E-state index < -0.39 is 6.04 Å². The minimum atomic E-state index is -0.592. The quantitative estimate of drug-likeness (QED) is 0.415. The molecule has 2 amide bonds. The third kappa shape index (κ3) is 1.89. The number of hydrogen-bond acceptors (Lipinski definition) is 4. The van der Waals surface area contributed by atoms with Gasteiger partial charge in [-0.2, -0.15) is 0 Å². The van der Waals surface area contributed by atoms with Gasteiger partial charge >= 0.3 is 0 Å². The van der Waals surface area contributed by atoms with Crippen LogP contribution in [0.4, 0.5) is 0 Å². The van der Waals surface area contributed by atoms with Crippen molar-refractivity contribution in [2.75, 3.05) is 13.2 Å². The van der Waals surface area contributed by atoms with Gasteiger partial charge in [-0.3, -0.25) is 14.4 Å². The molecule has 1 rings (SSSR count). The van der Waals surface area contributed by atoms with Crippen LogP contribution in [0.5, 0.6) is 0 Å². The summed E-state index contributed by atoms with van der Waals surface area (Å²) in [7, 11) is 0. The number of rotatable bonds is 2. The van der Waals surface area contributed by atoms with Crippen LogP contribution in [-0.2, 0) is 14.4 Å². The van der Waals surface area contributed by atoms with Crippen molar-refractivity contribution in [1.29, 1.82) is 0 Å². The number of hydroxylamine groups is 1. The zero-order valence-corrected chi connectivity index (χ0v) is 5.79. The van der Waals surface area contributed by atoms with E-state index >= 15 is 0 Å². The highest BCUT2D eigenvalue weighted by molar-refractivity contribution is 5.88. The minimum absolute atomic E-state index is 0.121. The van der Waals surface area contributed by atoms with Crippen LogP contribution in [0.25, 0.3) is 0 Å². The van der Waals surface area contributed by atoms with E-state index in [-0.39, 0.29) is 25.0 Å². The van der Waals surface area contributed by atoms with E-state index in [0.29, 0.717) is 0 Å². The Morgan fingerprint density at radius 3 is 3.09 bits per heavy atom. The van der Waals surface area contributed by atoms with Crippen LogP contribution in [-0.4, -0.2) is 31.0 Å². The summed E-state index contributed by atoms with van der Waals surface area (Å²) in [6.07, 6.45) is 0. The molecule has 0 unspecified atom stereocenters. The molecule has 0 aromatic carbocycles. The van der Waals surface area contributed by atoms with Gasteiger partial charge < -0.3 is 11.1 Å². The molecule has 1 saturated heterocycles. The summed E-state index contributed by atoms with van der Waals surface area (Å²) in [5, 5.41) is 2.38. The number of amides is 2. The van der Waals surface area contributed by atoms with Crippen LogP contribution < -0.4 is 16.5 Å². The molecule has 0 spiro atoms. The molecule has 1 aliphatic rings. The van der Waals surface area contributed by atoms with E-state index in [2.05, 4.69) is 15.6 Å². The van der Waals surface area contributed by atoms with E-state index in [1.54, 1.807) is 0 Å². The molecule has 1 atom stereocenters. The largest absolute Gasteiger partial charge is 0.341 e. The number of carbonyl (C=O) groups excluding carboxylic acids is 2. The smallest absolute Gasteiger partial charge is 0.268 e. The third-order valence-electron chi connectivity index (χ3n) is 1.26. The van der Waals surface area contributed by atoms with Crippen molar-refractivity contribution in [3.8, 4) is 0 Å². The van der Waals surface area contributed by atoms with Gasteiger partial charge in [0.05, 0.1) is 6.54 Å². The van der Waals surface area contributed by atoms with Crippen LogP contribution in [0, 0.1) is 0 Å². The Morgan fingerprint density at radius 2 is 2.64 bits per heavy atom. The van der Waals surface area contributed by atoms with E-state index in [9.17, 15) is 9.59 Å². The van der Waals surface area contributed by atoms with Gasteiger partial charge in [0.25, 0.3) is 5.91 Å². The van der Waals surface area contributed by atoms with Crippen molar-refractivity contribution >= 4 is 11.8 Å². The average Bonchev–Trinajstić information content (AvgIpc) is 2.37. The molecule has 0 aromatic rings. The Morgan fingerprint density at radius 1 is 1.91 bits per heavy atom. The lowest BCUT2D eigenvalue weighted by Crippen LogP contribution is -2.44. The van der Waals surface area contributed by atoms with Crippen molar-refractivity contribution in [3.63, 3.8) is 0 Å². The van der Waals surface area contributed by atoms with Crippen molar-refractivity contribution in [3.05, 3.63) is 0 Å². The Balaban J connectivity index is 2.36. The highest BCUT2D eigenvalue weighted by Gasteiger charge is 2.26. The summed E-state index contributed by atoms with van der Waals surface area (Å²) >= 11 is 0. The summed E-state index contributed by atoms with van der Waals surface area (Å²) in [6, 6.07) is -0.592. The van der Waals surface area contributed by atoms with Crippen molar-refractivity contribution in [2.24, 2.45) is 5.73 Å². The fourth-order valence-corrected chi connectivity index (χ4v) is 0.703. The topological polar surface area (TPSA) is 93.5 Å². The van der Waals surface area contributed by atoms with Crippen LogP contribution in [0.15, 0.2) is 0 Å². The molecule has 62 valence electrons. The first-order valence-electron chi connectivity index (χ1n) is 3.15. The predicted molar refractivity (Wildman–Crippen MR) is 35.1 cm³/mol. The average molecular weight is 159 g/mol. The molecule has 0 aromatic heterocycles. The van der Waals surface area contributed by atoms with Crippen molar-refractivity contribution in [1.82, 2.24) is 10.8 Å². The second-order valence-electron chi connectivity index (χ2n) is 2.10. The molecule has 4 N–H and O–H groups in total. The van der Waals surface area contributed by atoms with Gasteiger partial charge in [0.2, 0.25) is 5.91 Å². The second-order valence-corrected chi connectivity index (χ2v) is 2.10. The molecular weight excluding hydrogens is 150 g/mol. The molecule has 6 nitrogen and oxygen atoms in total. The van der Waals surface area contributed by atoms with E-state index in [0.717, 1.165) is 0 Å². The standard InChI is InChI=1S/C5H9N3O3/c6-1-4(9)7-3-2-11-8-5(3)10/h3H,1-2,6H2,(H,7,9)(H,8,10)/t3-/m0/s1. The van der Waals surface area contributed by atoms with Crippen molar-refractivity contribution in [2.45, 2.75) is 6.04 Å². The van der Waals surface area contributed by atoms with E-state index in [1.165, 1.54) is 0 Å². The third-order valence-corrected chi connectivity index (χ3v) is 1.26. The predicted octanol–water partition coefficient (Wildman–Crippen LogP) is -2.51. The van der Waals surface area contributed by atoms with Gasteiger partial charge in [-0.15, -0.1) is 0 Å². The lowest BCUT2D eigenvalue weighted by molar-refractivity contribution is -0.128. The lowest BCUT2D eigenvalue weighted by Gasteiger charge is -2.05. The van der Waals surface area contributed by atoms with Gasteiger partial charge in [0.1, 0.15) is 12.6 Å². The molecule has 11 heavy (non-hydrogen) atoms. The van der Waals surface area contributed by atoms with Gasteiger partial charge in [-0.05, 0) is 0 Å². The molecule has 1 aliphatic heterocycles. The first kappa shape index (κ1) is 7.96. The van der Waals surface area contributed by atoms with E-state index in [1.807, 2.05) is 0 Å². The maximum Gasteiger partial charge on any atom is 0.268 e. The Labute approximate surface area is 63.0 Å². The molecule has 0 bridgehead atoms. The highest BCUT2D eigenvalue weighted by Crippen LogP contribution is 1.92. The molecule has 0 aliphatic carbocycles. The van der Waals surface area contributed by atoms with Gasteiger partial charge in [-0.25, -0.2) is 5.48 Å². The Hall–Kier alpha value is -1.14. The molecule has 6 heteroatoms. The first-order chi connectivity index (χ1) is 5.24. The molecular formula is C5H9N3O3. The van der Waals surface area contributed by atoms with Gasteiger partial charge in [0.15, 0.2) is 0 Å². The summed E-state index contributed by atoms with van der Waals surface area (Å²) in [6.45, 7) is 0.0361. The highest BCUT2D eigenvalue weighted by atomic mass is 16.7. The number of nitrogens with one attached hydrogen (secondary N) is 2. The summed E-state index contributed by atoms with van der Waals surface area (Å²) in [5.74, 6) is -0.706. The number of hydrogen-bond donors (Lipinski definition) is 3. The van der Waals surface area contributed by atoms with Crippen LogP contribution in [0.1, 0.15) is 0 Å². The number of nitrogens with two attached hydrogens (primary N) is 1. The second kappa shape index (κ2) is 3.31. The SMILES string of the molecule is NCC(=O)N[C@H]1CONC1=O. The lowest BCUT2D eigenvalue weighted by atomic mass is 10.3. The van der Waals surface area contributed by atoms with E-state index in [4.69, 9.17) is 5.73 Å². The zero-order valence-electron chi connectivity index (χ0n) is 5.79. The summed E-state index contributed by atoms with van der Waals surface area (Å²) in [4.78, 5) is 25.9. The fourth-order valence-electron chi connectivity index (χ4n) is 0.703. The zero-order chi connectivity index (χ0) is 8.27. The molecule has 1 fully saturated rings. The van der Waals surface area contributed by atoms with Crippen LogP contribution >= 0.6 is 0 Å². The van der Waals surface area contributed by atoms with Gasteiger partial charge in [-0.1, -0.05) is 0 Å². The summed E-state index contributed by atoms with van der Waals surface area (Å²) < 4.78 is 0. The minimum Gasteiger partial charge on any atom is -0.341 e. The Bertz CT molecular complexity index is 182. The first-order valence-corrected chi connectivity index (χ1v) is 3.15. The Kier molecular flexibility index (Phi) is 2.40. The summed E-state index contributed by atoms with van der Waals surface area (Å²) in [5.41, 5.74) is 7.12. The van der Waals surface area contributed by atoms with Crippen molar-refractivity contribution < 1.29 is 14.4 Å². The fraction of sp³-hybridized carbons (Fsp3) is 0.600. The molecule has 0 radical (unpaired) electrons. The maximum absolute atomic E-state index is 10.7. The van der Waals surface area contributed by atoms with Crippen LogP contribution in [0.2, 0.25) is 0 Å². The van der Waals surface area contributed by atoms with Crippen LogP contribution in [0.3, 0.4) is 0 Å². The normalized spacial score (nSPS) is 23.0. The maximum atomic E-state index is 10.7.